The highest BCUT2D eigenvalue weighted by atomic mass is 19.1. The van der Waals surface area contributed by atoms with Crippen molar-refractivity contribution in [2.24, 2.45) is 0 Å². The molecule has 0 amide bonds. The molecule has 3 N–H and O–H groups in total. The number of nitrogens with one attached hydrogen (secondary N) is 1. The molecular formula is C12H15FN4. The molecule has 90 valence electrons. The zero-order valence-electron chi connectivity index (χ0n) is 9.49. The number of imidazole rings is 1. The molecule has 3 rings (SSSR count). The molecule has 2 heterocycles. The van der Waals surface area contributed by atoms with E-state index in [0.717, 1.165) is 25.0 Å². The Morgan fingerprint density at radius 2 is 2.41 bits per heavy atom. The molecule has 1 atom stereocenters. The first-order valence-corrected chi connectivity index (χ1v) is 5.89. The number of benzene rings is 1. The number of hydrogen-bond acceptors (Lipinski definition) is 3. The number of aromatic nitrogens is 2. The van der Waals surface area contributed by atoms with Crippen molar-refractivity contribution in [3.63, 3.8) is 0 Å². The van der Waals surface area contributed by atoms with E-state index >= 15 is 0 Å². The summed E-state index contributed by atoms with van der Waals surface area (Å²) in [6, 6.07) is 5.37. The Morgan fingerprint density at radius 3 is 3.18 bits per heavy atom. The van der Waals surface area contributed by atoms with Gasteiger partial charge in [0.15, 0.2) is 5.82 Å². The normalized spacial score (nSPS) is 20.2. The van der Waals surface area contributed by atoms with Gasteiger partial charge in [-0.15, -0.1) is 0 Å². The van der Waals surface area contributed by atoms with Crippen LogP contribution in [0.1, 0.15) is 12.8 Å². The fourth-order valence-electron chi connectivity index (χ4n) is 2.46. The average molecular weight is 234 g/mol. The fourth-order valence-corrected chi connectivity index (χ4v) is 2.46. The zero-order chi connectivity index (χ0) is 11.8. The zero-order valence-corrected chi connectivity index (χ0v) is 9.49. The van der Waals surface area contributed by atoms with Gasteiger partial charge in [0.05, 0.1) is 5.52 Å². The summed E-state index contributed by atoms with van der Waals surface area (Å²) < 4.78 is 15.4. The van der Waals surface area contributed by atoms with Crippen molar-refractivity contribution in [1.82, 2.24) is 14.9 Å². The van der Waals surface area contributed by atoms with Gasteiger partial charge in [0, 0.05) is 12.6 Å². The minimum atomic E-state index is -0.313. The van der Waals surface area contributed by atoms with Crippen molar-refractivity contribution in [2.75, 3.05) is 12.3 Å². The van der Waals surface area contributed by atoms with E-state index in [1.54, 1.807) is 6.07 Å². The smallest absolute Gasteiger partial charge is 0.201 e. The van der Waals surface area contributed by atoms with Gasteiger partial charge >= 0.3 is 0 Å². The molecule has 0 aliphatic carbocycles. The molecule has 1 unspecified atom stereocenters. The van der Waals surface area contributed by atoms with Gasteiger partial charge in [-0.25, -0.2) is 9.37 Å². The monoisotopic (exact) mass is 234 g/mol. The molecule has 0 bridgehead atoms. The lowest BCUT2D eigenvalue weighted by atomic mass is 10.2. The molecule has 5 heteroatoms. The van der Waals surface area contributed by atoms with Crippen molar-refractivity contribution < 1.29 is 4.39 Å². The first-order chi connectivity index (χ1) is 8.25. The number of nitrogen functional groups attached to an aromatic ring is 1. The Hall–Kier alpha value is -1.62. The average Bonchev–Trinajstić information content (AvgIpc) is 2.91. The summed E-state index contributed by atoms with van der Waals surface area (Å²) in [5.41, 5.74) is 7.00. The van der Waals surface area contributed by atoms with Gasteiger partial charge in [0.25, 0.3) is 0 Å². The number of hydrogen-bond donors (Lipinski definition) is 2. The van der Waals surface area contributed by atoms with Crippen LogP contribution >= 0.6 is 0 Å². The third-order valence-corrected chi connectivity index (χ3v) is 3.32. The number of fused-ring (bicyclic) bond motifs is 1. The topological polar surface area (TPSA) is 55.9 Å². The second-order valence-corrected chi connectivity index (χ2v) is 4.48. The minimum Gasteiger partial charge on any atom is -0.369 e. The molecular weight excluding hydrogens is 219 g/mol. The van der Waals surface area contributed by atoms with Crippen molar-refractivity contribution >= 4 is 17.0 Å². The largest absolute Gasteiger partial charge is 0.369 e. The number of nitrogens with two attached hydrogens (primary N) is 1. The lowest BCUT2D eigenvalue weighted by Crippen LogP contribution is -2.27. The summed E-state index contributed by atoms with van der Waals surface area (Å²) in [5.74, 6) is 0.0751. The first-order valence-electron chi connectivity index (χ1n) is 5.89. The molecule has 1 aromatic heterocycles. The highest BCUT2D eigenvalue weighted by Crippen LogP contribution is 2.21. The summed E-state index contributed by atoms with van der Waals surface area (Å²) in [6.07, 6.45) is 2.32. The van der Waals surface area contributed by atoms with Gasteiger partial charge in [-0.05, 0) is 31.5 Å². The number of rotatable bonds is 2. The molecule has 1 saturated heterocycles. The van der Waals surface area contributed by atoms with E-state index in [1.807, 2.05) is 10.6 Å². The van der Waals surface area contributed by atoms with E-state index in [2.05, 4.69) is 10.3 Å². The molecule has 0 radical (unpaired) electrons. The summed E-state index contributed by atoms with van der Waals surface area (Å²) >= 11 is 0. The summed E-state index contributed by atoms with van der Waals surface area (Å²) in [4.78, 5) is 4.09. The quantitative estimate of drug-likeness (QED) is 0.828. The molecule has 0 spiro atoms. The maximum absolute atomic E-state index is 13.5. The Labute approximate surface area is 98.6 Å². The van der Waals surface area contributed by atoms with Crippen LogP contribution in [0.5, 0.6) is 0 Å². The third kappa shape index (κ3) is 1.76. The Kier molecular flexibility index (Phi) is 2.48. The number of nitrogens with zero attached hydrogens (tertiary/aromatic N) is 2. The molecule has 1 fully saturated rings. The van der Waals surface area contributed by atoms with E-state index in [9.17, 15) is 4.39 Å². The summed E-state index contributed by atoms with van der Waals surface area (Å²) in [7, 11) is 0. The SMILES string of the molecule is Nc1nc2c(F)cccc2n1CC1CCCN1. The van der Waals surface area contributed by atoms with E-state index in [4.69, 9.17) is 5.73 Å². The maximum Gasteiger partial charge on any atom is 0.201 e. The van der Waals surface area contributed by atoms with Crippen LogP contribution in [0, 0.1) is 5.82 Å². The highest BCUT2D eigenvalue weighted by Gasteiger charge is 2.18. The van der Waals surface area contributed by atoms with Crippen LogP contribution in [0.4, 0.5) is 10.3 Å². The molecule has 2 aromatic rings. The van der Waals surface area contributed by atoms with Gasteiger partial charge in [-0.1, -0.05) is 6.07 Å². The van der Waals surface area contributed by atoms with Gasteiger partial charge in [-0.3, -0.25) is 0 Å². The van der Waals surface area contributed by atoms with Crippen LogP contribution in [0.25, 0.3) is 11.0 Å². The predicted octanol–water partition coefficient (Wildman–Crippen LogP) is 1.51. The number of anilines is 1. The van der Waals surface area contributed by atoms with E-state index in [-0.39, 0.29) is 5.82 Å². The lowest BCUT2D eigenvalue weighted by Gasteiger charge is -2.12. The molecule has 0 saturated carbocycles. The van der Waals surface area contributed by atoms with Crippen molar-refractivity contribution in [3.8, 4) is 0 Å². The summed E-state index contributed by atoms with van der Waals surface area (Å²) in [5, 5.41) is 3.40. The molecule has 1 aromatic carbocycles. The van der Waals surface area contributed by atoms with Gasteiger partial charge in [-0.2, -0.15) is 0 Å². The Balaban J connectivity index is 2.02. The van der Waals surface area contributed by atoms with Crippen LogP contribution < -0.4 is 11.1 Å². The van der Waals surface area contributed by atoms with Crippen LogP contribution in [-0.4, -0.2) is 22.1 Å². The first kappa shape index (κ1) is 10.5. The van der Waals surface area contributed by atoms with Gasteiger partial charge < -0.3 is 15.6 Å². The standard InChI is InChI=1S/C12H15FN4/c13-9-4-1-5-10-11(9)16-12(14)17(10)7-8-3-2-6-15-8/h1,4-5,8,15H,2-3,6-7H2,(H2,14,16). The summed E-state index contributed by atoms with van der Waals surface area (Å²) in [6.45, 7) is 1.80. The minimum absolute atomic E-state index is 0.313. The van der Waals surface area contributed by atoms with Crippen molar-refractivity contribution in [2.45, 2.75) is 25.4 Å². The van der Waals surface area contributed by atoms with E-state index in [1.165, 1.54) is 12.5 Å². The van der Waals surface area contributed by atoms with Crippen molar-refractivity contribution in [3.05, 3.63) is 24.0 Å². The van der Waals surface area contributed by atoms with E-state index < -0.39 is 0 Å². The molecule has 17 heavy (non-hydrogen) atoms. The predicted molar refractivity (Wildman–Crippen MR) is 65.1 cm³/mol. The van der Waals surface area contributed by atoms with E-state index in [0.29, 0.717) is 17.5 Å². The number of halogens is 1. The lowest BCUT2D eigenvalue weighted by molar-refractivity contribution is 0.521. The Morgan fingerprint density at radius 1 is 1.53 bits per heavy atom. The second kappa shape index (κ2) is 4.00. The molecule has 1 aliphatic rings. The molecule has 1 aliphatic heterocycles. The molecule has 4 nitrogen and oxygen atoms in total. The van der Waals surface area contributed by atoms with Crippen LogP contribution in [0.2, 0.25) is 0 Å². The maximum atomic E-state index is 13.5. The van der Waals surface area contributed by atoms with Gasteiger partial charge in [0.2, 0.25) is 5.95 Å². The fraction of sp³-hybridized carbons (Fsp3) is 0.417. The van der Waals surface area contributed by atoms with Crippen LogP contribution in [0.3, 0.4) is 0 Å². The van der Waals surface area contributed by atoms with Crippen LogP contribution in [-0.2, 0) is 6.54 Å². The Bertz CT molecular complexity index is 543. The van der Waals surface area contributed by atoms with Crippen molar-refractivity contribution in [1.29, 1.82) is 0 Å². The highest BCUT2D eigenvalue weighted by molar-refractivity contribution is 5.78. The second-order valence-electron chi connectivity index (χ2n) is 4.48. The number of para-hydroxylation sites is 1. The van der Waals surface area contributed by atoms with Gasteiger partial charge in [0.1, 0.15) is 5.52 Å². The van der Waals surface area contributed by atoms with Crippen LogP contribution in [0.15, 0.2) is 18.2 Å². The third-order valence-electron chi connectivity index (χ3n) is 3.32.